The summed E-state index contributed by atoms with van der Waals surface area (Å²) in [5.41, 5.74) is 4.82. The van der Waals surface area contributed by atoms with Gasteiger partial charge in [-0.15, -0.1) is 0 Å². The van der Waals surface area contributed by atoms with Gasteiger partial charge in [0.2, 0.25) is 5.91 Å². The van der Waals surface area contributed by atoms with Gasteiger partial charge in [0.1, 0.15) is 0 Å². The van der Waals surface area contributed by atoms with Crippen molar-refractivity contribution in [3.63, 3.8) is 0 Å². The van der Waals surface area contributed by atoms with Crippen molar-refractivity contribution in [1.82, 2.24) is 0 Å². The number of anilines is 1. The highest BCUT2D eigenvalue weighted by atomic mass is 16.2. The summed E-state index contributed by atoms with van der Waals surface area (Å²) in [6.45, 7) is 5.75. The lowest BCUT2D eigenvalue weighted by Crippen LogP contribution is -2.27. The predicted molar refractivity (Wildman–Crippen MR) is 105 cm³/mol. The second-order valence-electron chi connectivity index (χ2n) is 7.24. The number of benzene rings is 3. The first-order valence-electron chi connectivity index (χ1n) is 8.51. The predicted octanol–water partition coefficient (Wildman–Crippen LogP) is 6.01. The van der Waals surface area contributed by atoms with Crippen LogP contribution in [0.1, 0.15) is 20.8 Å². The summed E-state index contributed by atoms with van der Waals surface area (Å²) < 4.78 is 0. The zero-order valence-corrected chi connectivity index (χ0v) is 14.9. The highest BCUT2D eigenvalue weighted by Gasteiger charge is 2.21. The Labute approximate surface area is 149 Å². The van der Waals surface area contributed by atoms with E-state index in [1.165, 1.54) is 0 Å². The molecule has 2 nitrogen and oxygen atoms in total. The Balaban J connectivity index is 2.07. The fourth-order valence-corrected chi connectivity index (χ4v) is 2.61. The summed E-state index contributed by atoms with van der Waals surface area (Å²) in [6.07, 6.45) is 0. The van der Waals surface area contributed by atoms with Gasteiger partial charge >= 0.3 is 0 Å². The molecule has 0 unspecified atom stereocenters. The summed E-state index contributed by atoms with van der Waals surface area (Å²) in [6, 6.07) is 26.7. The molecule has 0 radical (unpaired) electrons. The Kier molecular flexibility index (Phi) is 4.71. The number of hydrogen-bond acceptors (Lipinski definition) is 1. The van der Waals surface area contributed by atoms with Crippen molar-refractivity contribution in [2.24, 2.45) is 5.41 Å². The zero-order valence-electron chi connectivity index (χ0n) is 14.9. The number of amides is 1. The Morgan fingerprint density at radius 3 is 1.52 bits per heavy atom. The Hall–Kier alpha value is -2.87. The van der Waals surface area contributed by atoms with Crippen LogP contribution in [0.3, 0.4) is 0 Å². The summed E-state index contributed by atoms with van der Waals surface area (Å²) in [5, 5.41) is 3.06. The first-order chi connectivity index (χ1) is 11.9. The summed E-state index contributed by atoms with van der Waals surface area (Å²) >= 11 is 0. The molecule has 0 aliphatic carbocycles. The van der Waals surface area contributed by atoms with Crippen molar-refractivity contribution < 1.29 is 4.79 Å². The molecule has 3 rings (SSSR count). The Bertz CT molecular complexity index is 804. The maximum absolute atomic E-state index is 12.4. The van der Waals surface area contributed by atoms with Crippen LogP contribution in [0, 0.1) is 5.41 Å². The molecule has 0 spiro atoms. The van der Waals surface area contributed by atoms with Crippen LogP contribution in [0.4, 0.5) is 5.69 Å². The smallest absolute Gasteiger partial charge is 0.229 e. The van der Waals surface area contributed by atoms with Gasteiger partial charge in [-0.2, -0.15) is 0 Å². The molecule has 0 atom stereocenters. The zero-order chi connectivity index (χ0) is 17.9. The number of carbonyl (C=O) groups is 1. The van der Waals surface area contributed by atoms with E-state index in [0.29, 0.717) is 0 Å². The van der Waals surface area contributed by atoms with Crippen LogP contribution in [0.2, 0.25) is 0 Å². The lowest BCUT2D eigenvalue weighted by atomic mass is 9.94. The van der Waals surface area contributed by atoms with Crippen molar-refractivity contribution in [1.29, 1.82) is 0 Å². The van der Waals surface area contributed by atoms with E-state index in [9.17, 15) is 4.79 Å². The molecule has 0 saturated heterocycles. The number of carbonyl (C=O) groups excluding carboxylic acids is 1. The SMILES string of the molecule is CC(C)(C)C(=O)Nc1cc(-c2ccccc2)cc(-c2ccccc2)c1. The van der Waals surface area contributed by atoms with Gasteiger partial charge in [0.15, 0.2) is 0 Å². The average molecular weight is 329 g/mol. The third-order valence-electron chi connectivity index (χ3n) is 4.09. The van der Waals surface area contributed by atoms with E-state index >= 15 is 0 Å². The van der Waals surface area contributed by atoms with E-state index < -0.39 is 5.41 Å². The molecule has 1 amide bonds. The van der Waals surface area contributed by atoms with E-state index in [1.54, 1.807) is 0 Å². The summed E-state index contributed by atoms with van der Waals surface area (Å²) in [4.78, 5) is 12.4. The Morgan fingerprint density at radius 2 is 1.12 bits per heavy atom. The highest BCUT2D eigenvalue weighted by molar-refractivity contribution is 5.96. The van der Waals surface area contributed by atoms with Crippen molar-refractivity contribution in [2.45, 2.75) is 20.8 Å². The fraction of sp³-hybridized carbons (Fsp3) is 0.174. The van der Waals surface area contributed by atoms with Gasteiger partial charge < -0.3 is 5.32 Å². The molecule has 0 aliphatic heterocycles. The lowest BCUT2D eigenvalue weighted by Gasteiger charge is -2.19. The molecular weight excluding hydrogens is 306 g/mol. The van der Waals surface area contributed by atoms with Crippen LogP contribution in [-0.4, -0.2) is 5.91 Å². The van der Waals surface area contributed by atoms with Gasteiger partial charge in [0.05, 0.1) is 0 Å². The number of nitrogens with one attached hydrogen (secondary N) is 1. The second kappa shape index (κ2) is 6.94. The van der Waals surface area contributed by atoms with Gasteiger partial charge in [0, 0.05) is 11.1 Å². The lowest BCUT2D eigenvalue weighted by molar-refractivity contribution is -0.123. The third-order valence-corrected chi connectivity index (χ3v) is 4.09. The van der Waals surface area contributed by atoms with Crippen LogP contribution in [0.5, 0.6) is 0 Å². The maximum Gasteiger partial charge on any atom is 0.229 e. The molecule has 0 aliphatic rings. The van der Waals surface area contributed by atoms with Gasteiger partial charge in [-0.05, 0) is 40.5 Å². The molecule has 3 aromatic rings. The van der Waals surface area contributed by atoms with E-state index in [-0.39, 0.29) is 5.91 Å². The monoisotopic (exact) mass is 329 g/mol. The Morgan fingerprint density at radius 1 is 0.680 bits per heavy atom. The number of hydrogen-bond donors (Lipinski definition) is 1. The fourth-order valence-electron chi connectivity index (χ4n) is 2.61. The summed E-state index contributed by atoms with van der Waals surface area (Å²) in [5.74, 6) is 0.0109. The van der Waals surface area contributed by atoms with Crippen LogP contribution in [0.25, 0.3) is 22.3 Å². The first-order valence-corrected chi connectivity index (χ1v) is 8.51. The highest BCUT2D eigenvalue weighted by Crippen LogP contribution is 2.31. The van der Waals surface area contributed by atoms with E-state index in [1.807, 2.05) is 69.3 Å². The number of rotatable bonds is 3. The van der Waals surface area contributed by atoms with Crippen LogP contribution in [0.15, 0.2) is 78.9 Å². The van der Waals surface area contributed by atoms with Crippen molar-refractivity contribution in [3.05, 3.63) is 78.9 Å². The molecule has 0 saturated carbocycles. The average Bonchev–Trinajstić information content (AvgIpc) is 2.62. The molecule has 3 aromatic carbocycles. The molecule has 25 heavy (non-hydrogen) atoms. The first kappa shape index (κ1) is 17.0. The quantitative estimate of drug-likeness (QED) is 0.627. The standard InChI is InChI=1S/C23H23NO/c1-23(2,3)22(25)24-21-15-19(17-10-6-4-7-11-17)14-20(16-21)18-12-8-5-9-13-18/h4-16H,1-3H3,(H,24,25). The molecule has 1 N–H and O–H groups in total. The van der Waals surface area contributed by atoms with Gasteiger partial charge in [0.25, 0.3) is 0 Å². The van der Waals surface area contributed by atoms with Crippen LogP contribution in [-0.2, 0) is 4.79 Å². The molecule has 0 fully saturated rings. The topological polar surface area (TPSA) is 29.1 Å². The normalized spacial score (nSPS) is 11.2. The minimum Gasteiger partial charge on any atom is -0.326 e. The van der Waals surface area contributed by atoms with Gasteiger partial charge in [-0.1, -0.05) is 81.4 Å². The minimum absolute atomic E-state index is 0.0109. The molecule has 0 heterocycles. The van der Waals surface area contributed by atoms with E-state index in [0.717, 1.165) is 27.9 Å². The van der Waals surface area contributed by atoms with Crippen LogP contribution < -0.4 is 5.32 Å². The third kappa shape index (κ3) is 4.16. The molecule has 0 bridgehead atoms. The second-order valence-corrected chi connectivity index (χ2v) is 7.24. The van der Waals surface area contributed by atoms with Gasteiger partial charge in [-0.3, -0.25) is 4.79 Å². The molecular formula is C23H23NO. The molecule has 2 heteroatoms. The van der Waals surface area contributed by atoms with Crippen molar-refractivity contribution >= 4 is 11.6 Å². The summed E-state index contributed by atoms with van der Waals surface area (Å²) in [7, 11) is 0. The minimum atomic E-state index is -0.435. The van der Waals surface area contributed by atoms with Crippen molar-refractivity contribution in [3.8, 4) is 22.3 Å². The molecule has 126 valence electrons. The van der Waals surface area contributed by atoms with Crippen LogP contribution >= 0.6 is 0 Å². The largest absolute Gasteiger partial charge is 0.326 e. The maximum atomic E-state index is 12.4. The molecule has 0 aromatic heterocycles. The van der Waals surface area contributed by atoms with Gasteiger partial charge in [-0.25, -0.2) is 0 Å². The van der Waals surface area contributed by atoms with Crippen molar-refractivity contribution in [2.75, 3.05) is 5.32 Å². The van der Waals surface area contributed by atoms with E-state index in [4.69, 9.17) is 0 Å². The van der Waals surface area contributed by atoms with E-state index in [2.05, 4.69) is 35.6 Å².